The first-order valence-corrected chi connectivity index (χ1v) is 8.76. The summed E-state index contributed by atoms with van der Waals surface area (Å²) in [5.41, 5.74) is 0. The molecule has 23 heavy (non-hydrogen) atoms. The van der Waals surface area contributed by atoms with Crippen molar-refractivity contribution in [3.05, 3.63) is 40.8 Å². The molecule has 0 fully saturated rings. The molecule has 2 N–H and O–H groups in total. The van der Waals surface area contributed by atoms with Gasteiger partial charge in [0.1, 0.15) is 19.0 Å². The van der Waals surface area contributed by atoms with Gasteiger partial charge in [-0.1, -0.05) is 11.6 Å². The molecule has 1 aliphatic heterocycles. The fourth-order valence-electron chi connectivity index (χ4n) is 1.87. The van der Waals surface area contributed by atoms with Gasteiger partial charge < -0.3 is 14.8 Å². The van der Waals surface area contributed by atoms with Gasteiger partial charge in [-0.05, 0) is 31.2 Å². The predicted octanol–water partition coefficient (Wildman–Crippen LogP) is 1.01. The largest absolute Gasteiger partial charge is 0.491 e. The fraction of sp³-hybridized carbons (Fsp3) is 0.357. The van der Waals surface area contributed by atoms with Crippen molar-refractivity contribution in [3.63, 3.8) is 0 Å². The maximum absolute atomic E-state index is 12.0. The van der Waals surface area contributed by atoms with Gasteiger partial charge in [0, 0.05) is 18.1 Å². The monoisotopic (exact) mass is 360 g/mol. The van der Waals surface area contributed by atoms with E-state index in [0.717, 1.165) is 0 Å². The van der Waals surface area contributed by atoms with E-state index < -0.39 is 15.9 Å². The first-order valence-electron chi connectivity index (χ1n) is 6.90. The molecule has 0 unspecified atom stereocenters. The Balaban J connectivity index is 1.83. The molecule has 9 heteroatoms. The van der Waals surface area contributed by atoms with Crippen LogP contribution in [0, 0.1) is 0 Å². The molecule has 0 radical (unpaired) electrons. The minimum absolute atomic E-state index is 0.0455. The lowest BCUT2D eigenvalue weighted by Gasteiger charge is -2.19. The van der Waals surface area contributed by atoms with Crippen molar-refractivity contribution in [3.8, 4) is 0 Å². The summed E-state index contributed by atoms with van der Waals surface area (Å²) in [5.74, 6) is 0.0974. The number of rotatable bonds is 6. The zero-order chi connectivity index (χ0) is 16.9. The molecule has 0 saturated heterocycles. The predicted molar refractivity (Wildman–Crippen MR) is 84.3 cm³/mol. The molecule has 1 amide bonds. The van der Waals surface area contributed by atoms with Gasteiger partial charge in [-0.3, -0.25) is 4.79 Å². The number of sulfonamides is 1. The van der Waals surface area contributed by atoms with E-state index in [1.54, 1.807) is 6.92 Å². The van der Waals surface area contributed by atoms with E-state index in [-0.39, 0.29) is 23.7 Å². The van der Waals surface area contributed by atoms with Gasteiger partial charge in [0.25, 0.3) is 5.91 Å². The molecule has 1 heterocycles. The van der Waals surface area contributed by atoms with Crippen LogP contribution in [-0.2, 0) is 24.3 Å². The van der Waals surface area contributed by atoms with Gasteiger partial charge in [-0.25, -0.2) is 13.1 Å². The van der Waals surface area contributed by atoms with Crippen LogP contribution in [0.15, 0.2) is 40.7 Å². The minimum Gasteiger partial charge on any atom is -0.491 e. The number of hydrogen-bond acceptors (Lipinski definition) is 5. The molecule has 0 atom stereocenters. The van der Waals surface area contributed by atoms with Crippen molar-refractivity contribution in [2.24, 2.45) is 0 Å². The lowest BCUT2D eigenvalue weighted by molar-refractivity contribution is -0.122. The number of carbonyl (C=O) groups is 1. The van der Waals surface area contributed by atoms with Gasteiger partial charge in [-0.2, -0.15) is 0 Å². The normalized spacial score (nSPS) is 14.9. The number of ether oxygens (including phenoxy) is 2. The van der Waals surface area contributed by atoms with Crippen LogP contribution in [0.1, 0.15) is 6.92 Å². The Labute approximate surface area is 139 Å². The summed E-state index contributed by atoms with van der Waals surface area (Å²) < 4.78 is 36.9. The highest BCUT2D eigenvalue weighted by Crippen LogP contribution is 2.14. The lowest BCUT2D eigenvalue weighted by Crippen LogP contribution is -2.36. The molecule has 1 aromatic carbocycles. The molecule has 7 nitrogen and oxygen atoms in total. The number of allylic oxidation sites excluding steroid dienone is 1. The molecular weight excluding hydrogens is 344 g/mol. The number of benzene rings is 1. The van der Waals surface area contributed by atoms with Crippen molar-refractivity contribution in [1.82, 2.24) is 10.0 Å². The highest BCUT2D eigenvalue weighted by molar-refractivity contribution is 7.89. The van der Waals surface area contributed by atoms with Gasteiger partial charge in [0.05, 0.1) is 4.90 Å². The Morgan fingerprint density at radius 2 is 1.83 bits per heavy atom. The van der Waals surface area contributed by atoms with Crippen LogP contribution >= 0.6 is 11.6 Å². The fourth-order valence-corrected chi connectivity index (χ4v) is 3.03. The maximum atomic E-state index is 12.0. The van der Waals surface area contributed by atoms with Crippen LogP contribution in [0.3, 0.4) is 0 Å². The van der Waals surface area contributed by atoms with Gasteiger partial charge in [0.2, 0.25) is 15.8 Å². The number of nitrogens with one attached hydrogen (secondary N) is 2. The van der Waals surface area contributed by atoms with E-state index >= 15 is 0 Å². The standard InChI is InChI=1S/C14H17ClN2O5S/c1-10-13(22-9-8-21-10)14(18)16-6-7-17-23(19,20)12-4-2-11(15)3-5-12/h2-5,17H,6-9H2,1H3,(H,16,18). The lowest BCUT2D eigenvalue weighted by atomic mass is 10.3. The summed E-state index contributed by atoms with van der Waals surface area (Å²) in [6.07, 6.45) is 0. The third-order valence-electron chi connectivity index (χ3n) is 3.00. The second kappa shape index (κ2) is 7.67. The van der Waals surface area contributed by atoms with Gasteiger partial charge >= 0.3 is 0 Å². The van der Waals surface area contributed by atoms with Crippen molar-refractivity contribution < 1.29 is 22.7 Å². The van der Waals surface area contributed by atoms with Crippen molar-refractivity contribution in [2.75, 3.05) is 26.3 Å². The van der Waals surface area contributed by atoms with Crippen LogP contribution < -0.4 is 10.0 Å². The highest BCUT2D eigenvalue weighted by Gasteiger charge is 2.19. The molecule has 0 aliphatic carbocycles. The van der Waals surface area contributed by atoms with Gasteiger partial charge in [-0.15, -0.1) is 0 Å². The molecule has 1 aliphatic rings. The van der Waals surface area contributed by atoms with E-state index in [9.17, 15) is 13.2 Å². The highest BCUT2D eigenvalue weighted by atomic mass is 35.5. The number of amides is 1. The third kappa shape index (κ3) is 4.85. The Bertz CT molecular complexity index is 700. The molecule has 0 saturated carbocycles. The quantitative estimate of drug-likeness (QED) is 0.738. The Morgan fingerprint density at radius 3 is 2.48 bits per heavy atom. The van der Waals surface area contributed by atoms with E-state index in [4.69, 9.17) is 21.1 Å². The zero-order valence-electron chi connectivity index (χ0n) is 12.5. The zero-order valence-corrected chi connectivity index (χ0v) is 14.0. The molecule has 0 bridgehead atoms. The Hall–Kier alpha value is -1.77. The molecular formula is C14H17ClN2O5S. The summed E-state index contributed by atoms with van der Waals surface area (Å²) in [6, 6.07) is 5.80. The number of halogens is 1. The van der Waals surface area contributed by atoms with Gasteiger partial charge in [0.15, 0.2) is 0 Å². The van der Waals surface area contributed by atoms with E-state index in [2.05, 4.69) is 10.0 Å². The first-order chi connectivity index (χ1) is 10.9. The number of hydrogen-bond donors (Lipinski definition) is 2. The SMILES string of the molecule is CC1=C(C(=O)NCCNS(=O)(=O)c2ccc(Cl)cc2)OCCO1. The van der Waals surface area contributed by atoms with Crippen LogP contribution in [-0.4, -0.2) is 40.6 Å². The molecule has 1 aromatic rings. The minimum atomic E-state index is -3.64. The van der Waals surface area contributed by atoms with E-state index in [1.807, 2.05) is 0 Å². The van der Waals surface area contributed by atoms with E-state index in [1.165, 1.54) is 24.3 Å². The second-order valence-electron chi connectivity index (χ2n) is 4.69. The molecule has 0 aromatic heterocycles. The molecule has 2 rings (SSSR count). The molecule has 126 valence electrons. The maximum Gasteiger partial charge on any atom is 0.289 e. The molecule has 0 spiro atoms. The van der Waals surface area contributed by atoms with Crippen molar-refractivity contribution in [2.45, 2.75) is 11.8 Å². The van der Waals surface area contributed by atoms with Crippen LogP contribution in [0.25, 0.3) is 0 Å². The van der Waals surface area contributed by atoms with Crippen LogP contribution in [0.2, 0.25) is 5.02 Å². The third-order valence-corrected chi connectivity index (χ3v) is 4.73. The first kappa shape index (κ1) is 17.6. The smallest absolute Gasteiger partial charge is 0.289 e. The topological polar surface area (TPSA) is 93.7 Å². The average Bonchev–Trinajstić information content (AvgIpc) is 2.52. The average molecular weight is 361 g/mol. The Morgan fingerprint density at radius 1 is 1.17 bits per heavy atom. The number of carbonyl (C=O) groups excluding carboxylic acids is 1. The summed E-state index contributed by atoms with van der Waals surface area (Å²) in [4.78, 5) is 12.0. The van der Waals surface area contributed by atoms with Crippen LogP contribution in [0.4, 0.5) is 0 Å². The van der Waals surface area contributed by atoms with Crippen LogP contribution in [0.5, 0.6) is 0 Å². The summed E-state index contributed by atoms with van der Waals surface area (Å²) in [7, 11) is -3.64. The summed E-state index contributed by atoms with van der Waals surface area (Å²) in [5, 5.41) is 3.02. The van der Waals surface area contributed by atoms with Crippen molar-refractivity contribution in [1.29, 1.82) is 0 Å². The van der Waals surface area contributed by atoms with Crippen molar-refractivity contribution >= 4 is 27.5 Å². The van der Waals surface area contributed by atoms with E-state index in [0.29, 0.717) is 24.0 Å². The Kier molecular flexibility index (Phi) is 5.86. The second-order valence-corrected chi connectivity index (χ2v) is 6.89. The summed E-state index contributed by atoms with van der Waals surface area (Å²) >= 11 is 5.72. The summed E-state index contributed by atoms with van der Waals surface area (Å²) in [6.45, 7) is 2.51.